The predicted molar refractivity (Wildman–Crippen MR) is 62.7 cm³/mol. The second kappa shape index (κ2) is 3.91. The number of fused-ring (bicyclic) bond motifs is 2. The third kappa shape index (κ3) is 1.44. The van der Waals surface area contributed by atoms with E-state index in [4.69, 9.17) is 0 Å². The predicted octanol–water partition coefficient (Wildman–Crippen LogP) is 2.00. The molecule has 1 aliphatic carbocycles. The molecular formula is C14H12O2. The summed E-state index contributed by atoms with van der Waals surface area (Å²) in [6, 6.07) is 15.7. The van der Waals surface area contributed by atoms with Crippen LogP contribution < -0.4 is 0 Å². The Labute approximate surface area is 93.9 Å². The Morgan fingerprint density at radius 2 is 1.19 bits per heavy atom. The van der Waals surface area contributed by atoms with Gasteiger partial charge in [-0.05, 0) is 17.5 Å². The number of carbonyl (C=O) groups excluding carboxylic acids is 1. The topological polar surface area (TPSA) is 48.6 Å². The summed E-state index contributed by atoms with van der Waals surface area (Å²) in [5, 5.41) is 0. The van der Waals surface area contributed by atoms with Crippen LogP contribution in [0.4, 0.5) is 0 Å². The Morgan fingerprint density at radius 1 is 0.750 bits per heavy atom. The van der Waals surface area contributed by atoms with Gasteiger partial charge < -0.3 is 5.48 Å². The zero-order valence-corrected chi connectivity index (χ0v) is 8.73. The van der Waals surface area contributed by atoms with Crippen LogP contribution in [-0.2, 0) is 6.42 Å². The summed E-state index contributed by atoms with van der Waals surface area (Å²) in [6.45, 7) is 0. The van der Waals surface area contributed by atoms with E-state index in [1.807, 2.05) is 48.5 Å². The van der Waals surface area contributed by atoms with Crippen LogP contribution in [0, 0.1) is 0 Å². The molecule has 0 aromatic heterocycles. The fourth-order valence-corrected chi connectivity index (χ4v) is 2.14. The molecule has 0 unspecified atom stereocenters. The van der Waals surface area contributed by atoms with Crippen molar-refractivity contribution in [1.29, 1.82) is 0 Å². The first-order chi connectivity index (χ1) is 7.36. The summed E-state index contributed by atoms with van der Waals surface area (Å²) < 4.78 is 0. The minimum Gasteiger partial charge on any atom is -0.412 e. The summed E-state index contributed by atoms with van der Waals surface area (Å²) >= 11 is 0. The number of ketones is 1. The van der Waals surface area contributed by atoms with Gasteiger partial charge in [0.15, 0.2) is 5.78 Å². The Balaban J connectivity index is 0.000000963. The molecule has 0 amide bonds. The molecule has 1 aliphatic rings. The maximum absolute atomic E-state index is 12.1. The van der Waals surface area contributed by atoms with Gasteiger partial charge in [0.25, 0.3) is 0 Å². The number of carbonyl (C=O) groups is 1. The Morgan fingerprint density at radius 3 is 1.69 bits per heavy atom. The average Bonchev–Trinajstić information content (AvgIpc) is 2.30. The summed E-state index contributed by atoms with van der Waals surface area (Å²) in [5.41, 5.74) is 4.00. The van der Waals surface area contributed by atoms with Crippen LogP contribution in [0.2, 0.25) is 0 Å². The van der Waals surface area contributed by atoms with Crippen molar-refractivity contribution in [2.45, 2.75) is 6.42 Å². The molecule has 0 spiro atoms. The molecule has 0 saturated carbocycles. The molecule has 2 aromatic carbocycles. The van der Waals surface area contributed by atoms with E-state index < -0.39 is 0 Å². The van der Waals surface area contributed by atoms with Gasteiger partial charge in [-0.3, -0.25) is 4.79 Å². The molecule has 2 heteroatoms. The van der Waals surface area contributed by atoms with Gasteiger partial charge in [-0.25, -0.2) is 0 Å². The first kappa shape index (κ1) is 10.6. The molecule has 0 atom stereocenters. The zero-order chi connectivity index (χ0) is 10.3. The molecule has 80 valence electrons. The molecule has 0 aliphatic heterocycles. The fourth-order valence-electron chi connectivity index (χ4n) is 2.14. The van der Waals surface area contributed by atoms with Gasteiger partial charge in [0.2, 0.25) is 0 Å². The smallest absolute Gasteiger partial charge is 0.193 e. The van der Waals surface area contributed by atoms with Crippen molar-refractivity contribution in [3.63, 3.8) is 0 Å². The van der Waals surface area contributed by atoms with Crippen molar-refractivity contribution in [2.24, 2.45) is 0 Å². The molecule has 0 radical (unpaired) electrons. The minimum absolute atomic E-state index is 0. The number of rotatable bonds is 0. The van der Waals surface area contributed by atoms with Crippen molar-refractivity contribution in [2.75, 3.05) is 0 Å². The lowest BCUT2D eigenvalue weighted by Crippen LogP contribution is -2.14. The molecule has 0 heterocycles. The Kier molecular flexibility index (Phi) is 2.59. The molecule has 16 heavy (non-hydrogen) atoms. The van der Waals surface area contributed by atoms with Crippen LogP contribution in [0.1, 0.15) is 27.0 Å². The maximum atomic E-state index is 12.1. The molecular weight excluding hydrogens is 200 g/mol. The molecule has 0 bridgehead atoms. The summed E-state index contributed by atoms with van der Waals surface area (Å²) in [5.74, 6) is 0.160. The summed E-state index contributed by atoms with van der Waals surface area (Å²) in [7, 11) is 0. The van der Waals surface area contributed by atoms with Gasteiger partial charge in [-0.2, -0.15) is 0 Å². The van der Waals surface area contributed by atoms with E-state index in [1.54, 1.807) is 0 Å². The first-order valence-corrected chi connectivity index (χ1v) is 5.07. The maximum Gasteiger partial charge on any atom is 0.193 e. The highest BCUT2D eigenvalue weighted by molar-refractivity contribution is 6.12. The normalized spacial score (nSPS) is 12.4. The number of hydrogen-bond acceptors (Lipinski definition) is 1. The minimum atomic E-state index is 0. The van der Waals surface area contributed by atoms with Crippen molar-refractivity contribution in [3.8, 4) is 0 Å². The van der Waals surface area contributed by atoms with Crippen LogP contribution >= 0.6 is 0 Å². The zero-order valence-electron chi connectivity index (χ0n) is 8.73. The monoisotopic (exact) mass is 212 g/mol. The van der Waals surface area contributed by atoms with Gasteiger partial charge in [-0.15, -0.1) is 0 Å². The highest BCUT2D eigenvalue weighted by atomic mass is 16.1. The lowest BCUT2D eigenvalue weighted by Gasteiger charge is -2.17. The van der Waals surface area contributed by atoms with E-state index in [-0.39, 0.29) is 11.3 Å². The second-order valence-corrected chi connectivity index (χ2v) is 3.82. The Bertz CT molecular complexity index is 496. The van der Waals surface area contributed by atoms with E-state index in [1.165, 1.54) is 0 Å². The molecule has 0 fully saturated rings. The standard InChI is InChI=1S/C14H10O.H2O/c15-14-12-7-3-1-5-10(12)9-11-6-2-4-8-13(11)14;/h1-8H,9H2;1H2. The van der Waals surface area contributed by atoms with E-state index in [2.05, 4.69) is 0 Å². The highest BCUT2D eigenvalue weighted by Gasteiger charge is 2.21. The first-order valence-electron chi connectivity index (χ1n) is 5.07. The van der Waals surface area contributed by atoms with Gasteiger partial charge in [-0.1, -0.05) is 48.5 Å². The second-order valence-electron chi connectivity index (χ2n) is 3.82. The summed E-state index contributed by atoms with van der Waals surface area (Å²) in [4.78, 5) is 12.1. The highest BCUT2D eigenvalue weighted by Crippen LogP contribution is 2.26. The van der Waals surface area contributed by atoms with Crippen molar-refractivity contribution in [3.05, 3.63) is 70.8 Å². The van der Waals surface area contributed by atoms with Crippen LogP contribution in [0.3, 0.4) is 0 Å². The summed E-state index contributed by atoms with van der Waals surface area (Å²) in [6.07, 6.45) is 0.873. The van der Waals surface area contributed by atoms with Crippen LogP contribution in [0.15, 0.2) is 48.5 Å². The van der Waals surface area contributed by atoms with Gasteiger partial charge >= 0.3 is 0 Å². The molecule has 2 aromatic rings. The van der Waals surface area contributed by atoms with Crippen LogP contribution in [0.5, 0.6) is 0 Å². The lowest BCUT2D eigenvalue weighted by atomic mass is 9.85. The van der Waals surface area contributed by atoms with Gasteiger partial charge in [0.05, 0.1) is 0 Å². The largest absolute Gasteiger partial charge is 0.412 e. The van der Waals surface area contributed by atoms with Crippen molar-refractivity contribution < 1.29 is 10.3 Å². The Hall–Kier alpha value is -1.93. The third-order valence-electron chi connectivity index (χ3n) is 2.90. The number of benzene rings is 2. The van der Waals surface area contributed by atoms with Crippen molar-refractivity contribution in [1.82, 2.24) is 0 Å². The molecule has 0 saturated heterocycles. The van der Waals surface area contributed by atoms with Crippen LogP contribution in [0.25, 0.3) is 0 Å². The number of hydrogen-bond donors (Lipinski definition) is 0. The van der Waals surface area contributed by atoms with Crippen LogP contribution in [-0.4, -0.2) is 11.3 Å². The van der Waals surface area contributed by atoms with E-state index in [0.29, 0.717) is 0 Å². The van der Waals surface area contributed by atoms with E-state index in [0.717, 1.165) is 28.7 Å². The fraction of sp³-hybridized carbons (Fsp3) is 0.0714. The van der Waals surface area contributed by atoms with Gasteiger partial charge in [0.1, 0.15) is 0 Å². The molecule has 2 nitrogen and oxygen atoms in total. The van der Waals surface area contributed by atoms with E-state index in [9.17, 15) is 4.79 Å². The van der Waals surface area contributed by atoms with E-state index >= 15 is 0 Å². The van der Waals surface area contributed by atoms with Crippen molar-refractivity contribution >= 4 is 5.78 Å². The lowest BCUT2D eigenvalue weighted by molar-refractivity contribution is 0.103. The quantitative estimate of drug-likeness (QED) is 0.562. The average molecular weight is 212 g/mol. The molecule has 3 rings (SSSR count). The van der Waals surface area contributed by atoms with Gasteiger partial charge in [0, 0.05) is 11.1 Å². The SMILES string of the molecule is O.O=C1c2ccccc2Cc2ccccc21. The molecule has 2 N–H and O–H groups in total. The third-order valence-corrected chi connectivity index (χ3v) is 2.90.